The molecule has 1 atom stereocenters. The molecule has 132 valence electrons. The molecule has 26 heavy (non-hydrogen) atoms. The van der Waals surface area contributed by atoms with Crippen molar-refractivity contribution in [3.8, 4) is 0 Å². The fraction of sp³-hybridized carbons (Fsp3) is 0.273. The van der Waals surface area contributed by atoms with Gasteiger partial charge in [-0.15, -0.1) is 0 Å². The van der Waals surface area contributed by atoms with Gasteiger partial charge in [0.25, 0.3) is 0 Å². The van der Waals surface area contributed by atoms with Crippen LogP contribution in [0.1, 0.15) is 42.7 Å². The predicted octanol–water partition coefficient (Wildman–Crippen LogP) is 5.18. The van der Waals surface area contributed by atoms with Gasteiger partial charge in [-0.2, -0.15) is 0 Å². The van der Waals surface area contributed by atoms with Crippen molar-refractivity contribution >= 4 is 29.0 Å². The second-order valence-corrected chi connectivity index (χ2v) is 7.45. The molecule has 1 heterocycles. The summed E-state index contributed by atoms with van der Waals surface area (Å²) in [6.07, 6.45) is 2.41. The molecule has 1 unspecified atom stereocenters. The van der Waals surface area contributed by atoms with Crippen LogP contribution in [0.3, 0.4) is 0 Å². The molecule has 0 N–H and O–H groups in total. The van der Waals surface area contributed by atoms with E-state index in [4.69, 9.17) is 11.6 Å². The number of aryl methyl sites for hydroxylation is 1. The molecule has 4 heteroatoms. The first kappa shape index (κ1) is 17.0. The highest BCUT2D eigenvalue weighted by Crippen LogP contribution is 2.43. The van der Waals surface area contributed by atoms with Gasteiger partial charge in [0.1, 0.15) is 0 Å². The molecule has 2 aliphatic rings. The van der Waals surface area contributed by atoms with Crippen molar-refractivity contribution in [1.29, 1.82) is 0 Å². The summed E-state index contributed by atoms with van der Waals surface area (Å²) in [5, 5.41) is 0.654. The van der Waals surface area contributed by atoms with Gasteiger partial charge in [0.05, 0.1) is 0 Å². The lowest BCUT2D eigenvalue weighted by atomic mass is 9.77. The third-order valence-electron chi connectivity index (χ3n) is 5.21. The summed E-state index contributed by atoms with van der Waals surface area (Å²) in [6.45, 7) is 2.01. The molecule has 3 nitrogen and oxygen atoms in total. The van der Waals surface area contributed by atoms with Crippen LogP contribution >= 0.6 is 11.6 Å². The van der Waals surface area contributed by atoms with Gasteiger partial charge in [-0.05, 0) is 55.2 Å². The highest BCUT2D eigenvalue weighted by Gasteiger charge is 2.39. The summed E-state index contributed by atoms with van der Waals surface area (Å²) in [5.41, 5.74) is 4.61. The number of rotatable bonds is 2. The van der Waals surface area contributed by atoms with E-state index in [1.165, 1.54) is 0 Å². The van der Waals surface area contributed by atoms with Crippen molar-refractivity contribution in [3.05, 3.63) is 76.0 Å². The molecule has 2 aromatic carbocycles. The van der Waals surface area contributed by atoms with Gasteiger partial charge in [-0.3, -0.25) is 14.5 Å². The summed E-state index contributed by atoms with van der Waals surface area (Å²) >= 11 is 6.01. The maximum absolute atomic E-state index is 13.1. The Kier molecular flexibility index (Phi) is 4.41. The Balaban J connectivity index is 1.85. The van der Waals surface area contributed by atoms with Crippen molar-refractivity contribution in [3.63, 3.8) is 0 Å². The standard InChI is InChI=1S/C22H20ClNO2/c1-14-4-2-5-17(12-14)24-19-6-3-7-20(25)22(19)18(13-21(24)26)15-8-10-16(23)11-9-15/h2,4-5,8-12,18H,3,6-7,13H2,1H3. The molecular formula is C22H20ClNO2. The Morgan fingerprint density at radius 2 is 1.81 bits per heavy atom. The van der Waals surface area contributed by atoms with Gasteiger partial charge in [0, 0.05) is 40.7 Å². The normalized spacial score (nSPS) is 20.4. The minimum atomic E-state index is -0.177. The minimum Gasteiger partial charge on any atom is -0.294 e. The third-order valence-corrected chi connectivity index (χ3v) is 5.46. The van der Waals surface area contributed by atoms with E-state index in [0.29, 0.717) is 17.9 Å². The van der Waals surface area contributed by atoms with Crippen LogP contribution in [0.25, 0.3) is 0 Å². The molecule has 0 aromatic heterocycles. The Bertz CT molecular complexity index is 914. The van der Waals surface area contributed by atoms with Crippen LogP contribution in [-0.2, 0) is 9.59 Å². The molecule has 0 fully saturated rings. The first-order chi connectivity index (χ1) is 12.5. The fourth-order valence-corrected chi connectivity index (χ4v) is 4.17. The SMILES string of the molecule is Cc1cccc(N2C(=O)CC(c3ccc(Cl)cc3)C3=C2CCCC3=O)c1. The molecule has 1 amide bonds. The predicted molar refractivity (Wildman–Crippen MR) is 103 cm³/mol. The van der Waals surface area contributed by atoms with Gasteiger partial charge < -0.3 is 0 Å². The lowest BCUT2D eigenvalue weighted by Crippen LogP contribution is -2.40. The number of carbonyl (C=O) groups excluding carboxylic acids is 2. The number of carbonyl (C=O) groups is 2. The Morgan fingerprint density at radius 1 is 1.04 bits per heavy atom. The zero-order chi connectivity index (χ0) is 18.3. The Labute approximate surface area is 158 Å². The average Bonchev–Trinajstić information content (AvgIpc) is 2.62. The quantitative estimate of drug-likeness (QED) is 0.735. The number of benzene rings is 2. The van der Waals surface area contributed by atoms with Crippen molar-refractivity contribution in [1.82, 2.24) is 0 Å². The minimum absolute atomic E-state index is 0.0454. The summed E-state index contributed by atoms with van der Waals surface area (Å²) in [6, 6.07) is 15.4. The Morgan fingerprint density at radius 3 is 2.54 bits per heavy atom. The van der Waals surface area contributed by atoms with E-state index in [1.54, 1.807) is 4.90 Å². The van der Waals surface area contributed by atoms with E-state index >= 15 is 0 Å². The second-order valence-electron chi connectivity index (χ2n) is 7.01. The van der Waals surface area contributed by atoms with Crippen LogP contribution in [-0.4, -0.2) is 11.7 Å². The van der Waals surface area contributed by atoms with Crippen LogP contribution in [0.15, 0.2) is 59.8 Å². The number of anilines is 1. The van der Waals surface area contributed by atoms with Gasteiger partial charge in [-0.1, -0.05) is 35.9 Å². The summed E-state index contributed by atoms with van der Waals surface area (Å²) in [4.78, 5) is 27.7. The number of amides is 1. The monoisotopic (exact) mass is 365 g/mol. The molecule has 4 rings (SSSR count). The van der Waals surface area contributed by atoms with E-state index in [1.807, 2.05) is 55.5 Å². The lowest BCUT2D eigenvalue weighted by molar-refractivity contribution is -0.119. The molecule has 2 aromatic rings. The first-order valence-electron chi connectivity index (χ1n) is 8.96. The van der Waals surface area contributed by atoms with E-state index in [-0.39, 0.29) is 17.6 Å². The highest BCUT2D eigenvalue weighted by molar-refractivity contribution is 6.30. The largest absolute Gasteiger partial charge is 0.294 e. The smallest absolute Gasteiger partial charge is 0.232 e. The number of hydrogen-bond donors (Lipinski definition) is 0. The van der Waals surface area contributed by atoms with E-state index in [0.717, 1.165) is 40.9 Å². The van der Waals surface area contributed by atoms with E-state index in [2.05, 4.69) is 0 Å². The third kappa shape index (κ3) is 2.97. The van der Waals surface area contributed by atoms with Crippen LogP contribution < -0.4 is 4.90 Å². The fourth-order valence-electron chi connectivity index (χ4n) is 4.04. The molecule has 1 aliphatic carbocycles. The molecule has 0 saturated carbocycles. The summed E-state index contributed by atoms with van der Waals surface area (Å²) in [5.74, 6) is 0.0315. The van der Waals surface area contributed by atoms with Crippen molar-refractivity contribution in [2.45, 2.75) is 38.5 Å². The molecule has 0 bridgehead atoms. The summed E-state index contributed by atoms with van der Waals surface area (Å²) < 4.78 is 0. The van der Waals surface area contributed by atoms with Gasteiger partial charge >= 0.3 is 0 Å². The van der Waals surface area contributed by atoms with Crippen molar-refractivity contribution in [2.75, 3.05) is 4.90 Å². The van der Waals surface area contributed by atoms with Gasteiger partial charge in [-0.25, -0.2) is 0 Å². The molecule has 0 saturated heterocycles. The lowest BCUT2D eigenvalue weighted by Gasteiger charge is -2.38. The second kappa shape index (κ2) is 6.73. The molecular weight excluding hydrogens is 346 g/mol. The first-order valence-corrected chi connectivity index (χ1v) is 9.34. The number of hydrogen-bond acceptors (Lipinski definition) is 2. The molecule has 0 spiro atoms. The van der Waals surface area contributed by atoms with Gasteiger partial charge in [0.2, 0.25) is 5.91 Å². The van der Waals surface area contributed by atoms with Crippen molar-refractivity contribution in [2.24, 2.45) is 0 Å². The van der Waals surface area contributed by atoms with Crippen molar-refractivity contribution < 1.29 is 9.59 Å². The number of ketones is 1. The topological polar surface area (TPSA) is 37.4 Å². The Hall–Kier alpha value is -2.39. The summed E-state index contributed by atoms with van der Waals surface area (Å²) in [7, 11) is 0. The van der Waals surface area contributed by atoms with Crippen LogP contribution in [0.5, 0.6) is 0 Å². The van der Waals surface area contributed by atoms with Gasteiger partial charge in [0.15, 0.2) is 5.78 Å². The zero-order valence-corrected chi connectivity index (χ0v) is 15.4. The number of halogens is 1. The number of nitrogens with zero attached hydrogens (tertiary/aromatic N) is 1. The zero-order valence-electron chi connectivity index (χ0n) is 14.7. The highest BCUT2D eigenvalue weighted by atomic mass is 35.5. The number of allylic oxidation sites excluding steroid dienone is 2. The van der Waals surface area contributed by atoms with E-state index in [9.17, 15) is 9.59 Å². The van der Waals surface area contributed by atoms with Crippen LogP contribution in [0.4, 0.5) is 5.69 Å². The van der Waals surface area contributed by atoms with E-state index < -0.39 is 0 Å². The average molecular weight is 366 g/mol. The maximum Gasteiger partial charge on any atom is 0.232 e. The number of Topliss-reactive ketones (excluding diaryl/α,β-unsaturated/α-hetero) is 1. The molecule has 1 aliphatic heterocycles. The van der Waals surface area contributed by atoms with Crippen LogP contribution in [0.2, 0.25) is 5.02 Å². The maximum atomic E-state index is 13.1. The van der Waals surface area contributed by atoms with Crippen LogP contribution in [0, 0.1) is 6.92 Å². The molecule has 0 radical (unpaired) electrons.